The fourth-order valence-corrected chi connectivity index (χ4v) is 4.45. The molecule has 17 heteroatoms. The summed E-state index contributed by atoms with van der Waals surface area (Å²) in [5.74, 6) is -5.38. The Hall–Kier alpha value is -5.06. The minimum atomic E-state index is -1.58. The van der Waals surface area contributed by atoms with E-state index in [1.165, 1.54) is 6.92 Å². The van der Waals surface area contributed by atoms with E-state index < -0.39 is 79.0 Å². The Morgan fingerprint density at radius 3 is 1.26 bits per heavy atom. The summed E-state index contributed by atoms with van der Waals surface area (Å²) in [5, 5.41) is 0. The van der Waals surface area contributed by atoms with Crippen molar-refractivity contribution in [1.82, 2.24) is 0 Å². The number of carbonyl (C=O) groups is 8. The van der Waals surface area contributed by atoms with Gasteiger partial charge in [0.05, 0.1) is 33.0 Å². The molecule has 0 radical (unpaired) electrons. The van der Waals surface area contributed by atoms with Crippen molar-refractivity contribution in [3.05, 3.63) is 38.0 Å². The van der Waals surface area contributed by atoms with Gasteiger partial charge in [-0.1, -0.05) is 19.7 Å². The molecule has 1 aliphatic rings. The van der Waals surface area contributed by atoms with Crippen molar-refractivity contribution in [2.45, 2.75) is 109 Å². The van der Waals surface area contributed by atoms with Gasteiger partial charge in [0.2, 0.25) is 12.4 Å². The van der Waals surface area contributed by atoms with Gasteiger partial charge in [-0.15, -0.1) is 0 Å². The topological polar surface area (TPSA) is 220 Å². The molecule has 0 aromatic heterocycles. The molecule has 0 aliphatic carbocycles. The predicted octanol–water partition coefficient (Wildman–Crippen LogP) is 3.05. The van der Waals surface area contributed by atoms with Gasteiger partial charge in [0, 0.05) is 50.8 Å². The first-order valence-corrected chi connectivity index (χ1v) is 17.3. The van der Waals surface area contributed by atoms with E-state index in [0.717, 1.165) is 18.2 Å². The van der Waals surface area contributed by atoms with Gasteiger partial charge in [0.15, 0.2) is 12.2 Å². The van der Waals surface area contributed by atoms with Crippen molar-refractivity contribution < 1.29 is 81.0 Å². The molecular formula is C36H50O17. The second-order valence-electron chi connectivity index (χ2n) is 11.4. The molecule has 1 heterocycles. The van der Waals surface area contributed by atoms with E-state index in [1.807, 2.05) is 0 Å². The maximum absolute atomic E-state index is 13.0. The van der Waals surface area contributed by atoms with Gasteiger partial charge >= 0.3 is 47.8 Å². The van der Waals surface area contributed by atoms with Crippen LogP contribution in [0.1, 0.15) is 84.0 Å². The van der Waals surface area contributed by atoms with Gasteiger partial charge in [-0.05, 0) is 51.4 Å². The van der Waals surface area contributed by atoms with Crippen LogP contribution < -0.4 is 0 Å². The third-order valence-corrected chi connectivity index (χ3v) is 7.09. The molecule has 53 heavy (non-hydrogen) atoms. The molecule has 17 nitrogen and oxygen atoms in total. The molecule has 0 bridgehead atoms. The minimum Gasteiger partial charge on any atom is -0.466 e. The van der Waals surface area contributed by atoms with Crippen LogP contribution >= 0.6 is 0 Å². The molecule has 0 aromatic rings. The Kier molecular flexibility index (Phi) is 23.9. The fraction of sp³-hybridized carbons (Fsp3) is 0.611. The molecule has 0 saturated carbocycles. The summed E-state index contributed by atoms with van der Waals surface area (Å²) in [4.78, 5) is 96.5. The van der Waals surface area contributed by atoms with E-state index in [0.29, 0.717) is 25.7 Å². The number of carbonyl (C=O) groups excluding carboxylic acids is 8. The third-order valence-electron chi connectivity index (χ3n) is 7.09. The van der Waals surface area contributed by atoms with Crippen LogP contribution in [0.5, 0.6) is 0 Å². The van der Waals surface area contributed by atoms with Crippen LogP contribution in [0.25, 0.3) is 0 Å². The summed E-state index contributed by atoms with van der Waals surface area (Å²) >= 11 is 0. The smallest absolute Gasteiger partial charge is 0.330 e. The lowest BCUT2D eigenvalue weighted by molar-refractivity contribution is -0.275. The van der Waals surface area contributed by atoms with Crippen LogP contribution in [-0.4, -0.2) is 105 Å². The molecule has 1 aliphatic heterocycles. The van der Waals surface area contributed by atoms with Crippen LogP contribution in [-0.2, 0) is 81.0 Å². The molecule has 1 fully saturated rings. The summed E-state index contributed by atoms with van der Waals surface area (Å²) < 4.78 is 47.7. The average Bonchev–Trinajstić information content (AvgIpc) is 3.12. The van der Waals surface area contributed by atoms with Gasteiger partial charge in [0.1, 0.15) is 0 Å². The number of unbranched alkanes of at least 4 members (excludes halogenated alkanes) is 4. The Morgan fingerprint density at radius 2 is 0.868 bits per heavy atom. The number of ether oxygens (including phenoxy) is 9. The van der Waals surface area contributed by atoms with E-state index in [9.17, 15) is 38.4 Å². The van der Waals surface area contributed by atoms with Gasteiger partial charge in [-0.25, -0.2) is 14.4 Å². The van der Waals surface area contributed by atoms with E-state index in [4.69, 9.17) is 42.6 Å². The third kappa shape index (κ3) is 21.8. The maximum Gasteiger partial charge on any atom is 0.330 e. The highest BCUT2D eigenvalue weighted by molar-refractivity contribution is 5.82. The molecule has 0 aromatic carbocycles. The Labute approximate surface area is 308 Å². The van der Waals surface area contributed by atoms with Crippen molar-refractivity contribution >= 4 is 47.8 Å². The minimum absolute atomic E-state index is 0.0180. The van der Waals surface area contributed by atoms with E-state index in [2.05, 4.69) is 19.7 Å². The zero-order chi connectivity index (χ0) is 39.4. The van der Waals surface area contributed by atoms with Crippen molar-refractivity contribution in [1.29, 1.82) is 0 Å². The monoisotopic (exact) mass is 754 g/mol. The molecular weight excluding hydrogens is 704 g/mol. The first-order valence-electron chi connectivity index (χ1n) is 17.3. The van der Waals surface area contributed by atoms with Crippen LogP contribution in [0.3, 0.4) is 0 Å². The number of hydrogen-bond acceptors (Lipinski definition) is 17. The van der Waals surface area contributed by atoms with Gasteiger partial charge in [-0.3, -0.25) is 24.0 Å². The van der Waals surface area contributed by atoms with Crippen LogP contribution in [0.15, 0.2) is 38.0 Å². The first-order chi connectivity index (χ1) is 25.4. The Balaban J connectivity index is 3.11. The van der Waals surface area contributed by atoms with Crippen molar-refractivity contribution in [3.8, 4) is 0 Å². The Morgan fingerprint density at radius 1 is 0.509 bits per heavy atom. The highest BCUT2D eigenvalue weighted by Crippen LogP contribution is 2.27. The quantitative estimate of drug-likeness (QED) is 0.0509. The van der Waals surface area contributed by atoms with Gasteiger partial charge in [0.25, 0.3) is 0 Å². The van der Waals surface area contributed by atoms with Crippen molar-refractivity contribution in [3.63, 3.8) is 0 Å². The Bertz CT molecular complexity index is 1260. The molecule has 4 atom stereocenters. The molecule has 2 unspecified atom stereocenters. The summed E-state index contributed by atoms with van der Waals surface area (Å²) in [5.41, 5.74) is 0. The maximum atomic E-state index is 13.0. The van der Waals surface area contributed by atoms with Crippen LogP contribution in [0.4, 0.5) is 0 Å². The average molecular weight is 755 g/mol. The lowest BCUT2D eigenvalue weighted by Gasteiger charge is -2.40. The largest absolute Gasteiger partial charge is 0.466 e. The van der Waals surface area contributed by atoms with Crippen molar-refractivity contribution in [2.24, 2.45) is 0 Å². The second kappa shape index (κ2) is 27.6. The van der Waals surface area contributed by atoms with Crippen LogP contribution in [0, 0.1) is 0 Å². The molecule has 0 spiro atoms. The standard InChI is InChI=1S/C36H50O17/c1-5-27(38)46-21-13-9-16-30(41)50-26-24-49-36(53-33(44)19-8-12-20-45-25(4)37)35(52-32(43)18-11-15-23-48-29(40)7-3)34(26)51-31(42)17-10-14-22-47-28(39)6-2/h5-7,26,34-36H,1-3,8-24H2,4H3/t26-,34?,35-,36?/m1/s1. The highest BCUT2D eigenvalue weighted by atomic mass is 16.7. The second-order valence-corrected chi connectivity index (χ2v) is 11.4. The van der Waals surface area contributed by atoms with Gasteiger partial charge < -0.3 is 42.6 Å². The SMILES string of the molecule is C=CC(=O)OCCCCC(=O)OC1[C@@H](OC(=O)CCCCOC(=O)C=C)C(OC(=O)CCCCOC(C)=O)OC[C@H]1OC(=O)CCCCOC(=O)C=C. The molecule has 296 valence electrons. The molecule has 0 N–H and O–H groups in total. The predicted molar refractivity (Wildman–Crippen MR) is 181 cm³/mol. The zero-order valence-electron chi connectivity index (χ0n) is 30.1. The molecule has 0 amide bonds. The summed E-state index contributed by atoms with van der Waals surface area (Å²) in [7, 11) is 0. The zero-order valence-corrected chi connectivity index (χ0v) is 30.1. The normalized spacial score (nSPS) is 17.5. The van der Waals surface area contributed by atoms with E-state index in [1.54, 1.807) is 0 Å². The first kappa shape index (κ1) is 46.0. The summed E-state index contributed by atoms with van der Waals surface area (Å²) in [6, 6.07) is 0. The van der Waals surface area contributed by atoms with Gasteiger partial charge in [-0.2, -0.15) is 0 Å². The van der Waals surface area contributed by atoms with E-state index in [-0.39, 0.29) is 77.8 Å². The lowest BCUT2D eigenvalue weighted by Crippen LogP contribution is -2.58. The lowest BCUT2D eigenvalue weighted by atomic mass is 10.0. The summed E-state index contributed by atoms with van der Waals surface area (Å²) in [6.45, 7) is 10.9. The number of rotatable bonds is 27. The van der Waals surface area contributed by atoms with Crippen molar-refractivity contribution in [2.75, 3.05) is 33.0 Å². The number of hydrogen-bond donors (Lipinski definition) is 0. The van der Waals surface area contributed by atoms with E-state index >= 15 is 0 Å². The highest BCUT2D eigenvalue weighted by Gasteiger charge is 2.49. The number of esters is 8. The van der Waals surface area contributed by atoms with Crippen LogP contribution in [0.2, 0.25) is 0 Å². The molecule has 1 rings (SSSR count). The fourth-order valence-electron chi connectivity index (χ4n) is 4.45. The molecule has 1 saturated heterocycles. The summed E-state index contributed by atoms with van der Waals surface area (Å²) in [6.07, 6.45) is -1.15.